The molecular formula is C20H19BN2. The van der Waals surface area contributed by atoms with Crippen LogP contribution in [0, 0.1) is 0 Å². The quantitative estimate of drug-likeness (QED) is 0.519. The van der Waals surface area contributed by atoms with Gasteiger partial charge in [0.05, 0.1) is 5.72 Å². The lowest BCUT2D eigenvalue weighted by Gasteiger charge is -2.10. The number of benzene rings is 2. The summed E-state index contributed by atoms with van der Waals surface area (Å²) in [5.41, 5.74) is 5.63. The minimum atomic E-state index is 0.763. The van der Waals surface area contributed by atoms with Crippen molar-refractivity contribution in [2.45, 2.75) is 6.92 Å². The van der Waals surface area contributed by atoms with Crippen molar-refractivity contribution < 1.29 is 0 Å². The fourth-order valence-electron chi connectivity index (χ4n) is 2.62. The maximum atomic E-state index is 4.51. The maximum absolute atomic E-state index is 4.51. The van der Waals surface area contributed by atoms with Crippen LogP contribution in [0.4, 0.5) is 0 Å². The van der Waals surface area contributed by atoms with Gasteiger partial charge in [-0.1, -0.05) is 78.8 Å². The van der Waals surface area contributed by atoms with Gasteiger partial charge in [-0.25, -0.2) is 0 Å². The Hall–Kier alpha value is -2.81. The molecule has 0 amide bonds. The largest absolute Gasteiger partial charge is 0.316 e. The number of hydrogen-bond acceptors (Lipinski definition) is 1. The van der Waals surface area contributed by atoms with E-state index in [0.717, 1.165) is 18.7 Å². The van der Waals surface area contributed by atoms with Crippen LogP contribution in [-0.2, 0) is 0 Å². The summed E-state index contributed by atoms with van der Waals surface area (Å²) in [6.07, 6.45) is 6.02. The minimum Gasteiger partial charge on any atom is -0.316 e. The van der Waals surface area contributed by atoms with Gasteiger partial charge in [0.1, 0.15) is 0 Å². The topological polar surface area (TPSA) is 17.8 Å². The Morgan fingerprint density at radius 2 is 1.70 bits per heavy atom. The van der Waals surface area contributed by atoms with E-state index in [4.69, 9.17) is 0 Å². The molecule has 3 rings (SSSR count). The van der Waals surface area contributed by atoms with E-state index in [1.807, 2.05) is 36.0 Å². The fourth-order valence-corrected chi connectivity index (χ4v) is 2.62. The molecule has 0 saturated heterocycles. The molecule has 0 unspecified atom stereocenters. The Morgan fingerprint density at radius 3 is 2.35 bits per heavy atom. The predicted octanol–water partition coefficient (Wildman–Crippen LogP) is 3.63. The molecule has 0 aliphatic heterocycles. The highest BCUT2D eigenvalue weighted by atomic mass is 15.0. The highest BCUT2D eigenvalue weighted by Crippen LogP contribution is 2.17. The van der Waals surface area contributed by atoms with Crippen LogP contribution in [0.5, 0.6) is 0 Å². The van der Waals surface area contributed by atoms with E-state index in [0.29, 0.717) is 0 Å². The lowest BCUT2D eigenvalue weighted by atomic mass is 9.65. The molecule has 2 nitrogen and oxygen atoms in total. The molecule has 0 saturated carbocycles. The number of nitrogens with zero attached hydrogens (tertiary/aromatic N) is 2. The summed E-state index contributed by atoms with van der Waals surface area (Å²) >= 11 is 0. The molecule has 0 bridgehead atoms. The summed E-state index contributed by atoms with van der Waals surface area (Å²) in [4.78, 5) is 4.51. The standard InChI is InChI=1S/C20H19BN2/c1-16(2)23-14-13-22-20(23)21-19(18-11-7-4-8-12-18)15-17-9-5-3-6-10-17/h3-15,21H,1H2,2H3. The molecule has 0 aliphatic carbocycles. The fraction of sp³-hybridized carbons (Fsp3) is 0.0500. The van der Waals surface area contributed by atoms with Crippen LogP contribution in [-0.4, -0.2) is 16.8 Å². The Kier molecular flexibility index (Phi) is 4.58. The number of aromatic nitrogens is 2. The average Bonchev–Trinajstić information content (AvgIpc) is 3.04. The van der Waals surface area contributed by atoms with E-state index in [9.17, 15) is 0 Å². The van der Waals surface area contributed by atoms with Crippen LogP contribution in [0.15, 0.2) is 79.6 Å². The Labute approximate surface area is 138 Å². The number of imidazole rings is 1. The Balaban J connectivity index is 2.01. The SMILES string of the molecule is C=C(C)n1ccnc1BC(=Cc1ccccc1)c1ccccc1. The van der Waals surface area contributed by atoms with Gasteiger partial charge in [0.2, 0.25) is 7.28 Å². The number of rotatable bonds is 5. The van der Waals surface area contributed by atoms with E-state index >= 15 is 0 Å². The van der Waals surface area contributed by atoms with Crippen molar-refractivity contribution in [2.75, 3.05) is 0 Å². The molecule has 1 aromatic heterocycles. The highest BCUT2D eigenvalue weighted by Gasteiger charge is 2.11. The second-order valence-electron chi connectivity index (χ2n) is 5.57. The third kappa shape index (κ3) is 3.69. The average molecular weight is 298 g/mol. The van der Waals surface area contributed by atoms with Crippen LogP contribution in [0.1, 0.15) is 18.1 Å². The molecule has 2 aromatic carbocycles. The van der Waals surface area contributed by atoms with E-state index < -0.39 is 0 Å². The highest BCUT2D eigenvalue weighted by molar-refractivity contribution is 6.73. The zero-order valence-corrected chi connectivity index (χ0v) is 13.3. The van der Waals surface area contributed by atoms with Gasteiger partial charge < -0.3 is 4.57 Å². The summed E-state index contributed by atoms with van der Waals surface area (Å²) < 4.78 is 2.04. The molecule has 0 radical (unpaired) electrons. The summed E-state index contributed by atoms with van der Waals surface area (Å²) in [7, 11) is 0.763. The van der Waals surface area contributed by atoms with E-state index in [1.54, 1.807) is 0 Å². The molecule has 1 heterocycles. The molecule has 0 aliphatic rings. The van der Waals surface area contributed by atoms with E-state index in [1.165, 1.54) is 16.6 Å². The van der Waals surface area contributed by atoms with Gasteiger partial charge in [0.25, 0.3) is 0 Å². The van der Waals surface area contributed by atoms with E-state index in [-0.39, 0.29) is 0 Å². The summed E-state index contributed by atoms with van der Waals surface area (Å²) in [5, 5.41) is 0. The summed E-state index contributed by atoms with van der Waals surface area (Å²) in [6, 6.07) is 20.9. The second-order valence-corrected chi connectivity index (χ2v) is 5.57. The maximum Gasteiger partial charge on any atom is 0.239 e. The molecule has 0 N–H and O–H groups in total. The van der Waals surface area contributed by atoms with E-state index in [2.05, 4.69) is 66.2 Å². The van der Waals surface area contributed by atoms with Gasteiger partial charge >= 0.3 is 0 Å². The normalized spacial score (nSPS) is 11.3. The minimum absolute atomic E-state index is 0.763. The first kappa shape index (κ1) is 15.1. The molecule has 3 aromatic rings. The van der Waals surface area contributed by atoms with Crippen molar-refractivity contribution in [3.63, 3.8) is 0 Å². The lowest BCUT2D eigenvalue weighted by Crippen LogP contribution is -2.26. The molecule has 0 fully saturated rings. The number of allylic oxidation sites excluding steroid dienone is 1. The third-order valence-electron chi connectivity index (χ3n) is 3.76. The van der Waals surface area contributed by atoms with Crippen molar-refractivity contribution in [3.8, 4) is 0 Å². The summed E-state index contributed by atoms with van der Waals surface area (Å²) in [6.45, 7) is 6.02. The zero-order chi connectivity index (χ0) is 16.1. The van der Waals surface area contributed by atoms with Gasteiger partial charge in [0, 0.05) is 18.1 Å². The van der Waals surface area contributed by atoms with Crippen molar-refractivity contribution in [1.29, 1.82) is 0 Å². The first-order valence-corrected chi connectivity index (χ1v) is 7.73. The predicted molar refractivity (Wildman–Crippen MR) is 101 cm³/mol. The van der Waals surface area contributed by atoms with Crippen LogP contribution in [0.3, 0.4) is 0 Å². The van der Waals surface area contributed by atoms with Gasteiger partial charge in [-0.15, -0.1) is 0 Å². The zero-order valence-electron chi connectivity index (χ0n) is 13.3. The van der Waals surface area contributed by atoms with Gasteiger partial charge in [-0.3, -0.25) is 4.98 Å². The first-order chi connectivity index (χ1) is 11.2. The monoisotopic (exact) mass is 298 g/mol. The molecule has 0 atom stereocenters. The molecular weight excluding hydrogens is 279 g/mol. The lowest BCUT2D eigenvalue weighted by molar-refractivity contribution is 1.13. The first-order valence-electron chi connectivity index (χ1n) is 7.73. The van der Waals surface area contributed by atoms with Crippen LogP contribution >= 0.6 is 0 Å². The molecule has 0 spiro atoms. The van der Waals surface area contributed by atoms with Gasteiger partial charge in [-0.2, -0.15) is 0 Å². The van der Waals surface area contributed by atoms with Crippen molar-refractivity contribution in [2.24, 2.45) is 0 Å². The summed E-state index contributed by atoms with van der Waals surface area (Å²) in [5.74, 6) is 0. The van der Waals surface area contributed by atoms with Gasteiger partial charge in [-0.05, 0) is 18.1 Å². The van der Waals surface area contributed by atoms with Crippen LogP contribution in [0.2, 0.25) is 0 Å². The van der Waals surface area contributed by atoms with Gasteiger partial charge in [0.15, 0.2) is 0 Å². The molecule has 112 valence electrons. The smallest absolute Gasteiger partial charge is 0.239 e. The van der Waals surface area contributed by atoms with Crippen LogP contribution in [0.25, 0.3) is 17.2 Å². The van der Waals surface area contributed by atoms with Crippen molar-refractivity contribution in [3.05, 3.63) is 90.8 Å². The Morgan fingerprint density at radius 1 is 1.04 bits per heavy atom. The molecule has 3 heteroatoms. The van der Waals surface area contributed by atoms with Crippen molar-refractivity contribution in [1.82, 2.24) is 9.55 Å². The number of hydrogen-bond donors (Lipinski definition) is 0. The molecule has 23 heavy (non-hydrogen) atoms. The third-order valence-corrected chi connectivity index (χ3v) is 3.76. The Bertz CT molecular complexity index is 817. The van der Waals surface area contributed by atoms with Crippen molar-refractivity contribution >= 4 is 30.2 Å². The van der Waals surface area contributed by atoms with Crippen LogP contribution < -0.4 is 5.72 Å². The second kappa shape index (κ2) is 6.97.